The van der Waals surface area contributed by atoms with Crippen molar-refractivity contribution in [1.29, 1.82) is 0 Å². The summed E-state index contributed by atoms with van der Waals surface area (Å²) >= 11 is 0. The molecule has 1 aromatic carbocycles. The summed E-state index contributed by atoms with van der Waals surface area (Å²) in [4.78, 5) is 9.19. The quantitative estimate of drug-likeness (QED) is 0.360. The highest BCUT2D eigenvalue weighted by atomic mass is 19.4. The minimum absolute atomic E-state index is 0.101. The third-order valence-electron chi connectivity index (χ3n) is 2.87. The highest BCUT2D eigenvalue weighted by Gasteiger charge is 2.34. The van der Waals surface area contributed by atoms with Crippen LogP contribution in [0.15, 0.2) is 40.3 Å². The van der Waals surface area contributed by atoms with Crippen molar-refractivity contribution in [3.63, 3.8) is 0 Å². The minimum Gasteiger partial charge on any atom is -0.369 e. The SMILES string of the molecule is NC(=Nc1ccc(F)c(C(F)(F)F)c1)/N=C(/N)N1CC=CC1. The van der Waals surface area contributed by atoms with Crippen molar-refractivity contribution in [1.82, 2.24) is 4.90 Å². The van der Waals surface area contributed by atoms with Gasteiger partial charge in [0.25, 0.3) is 0 Å². The number of guanidine groups is 2. The molecule has 0 atom stereocenters. The molecule has 5 nitrogen and oxygen atoms in total. The predicted molar refractivity (Wildman–Crippen MR) is 75.0 cm³/mol. The first-order valence-corrected chi connectivity index (χ1v) is 6.22. The molecule has 0 bridgehead atoms. The molecule has 0 saturated carbocycles. The maximum atomic E-state index is 13.2. The van der Waals surface area contributed by atoms with Crippen LogP contribution in [0.5, 0.6) is 0 Å². The third-order valence-corrected chi connectivity index (χ3v) is 2.87. The van der Waals surface area contributed by atoms with Gasteiger partial charge in [-0.15, -0.1) is 0 Å². The molecule has 0 saturated heterocycles. The first kappa shape index (κ1) is 15.8. The van der Waals surface area contributed by atoms with E-state index < -0.39 is 17.6 Å². The van der Waals surface area contributed by atoms with Gasteiger partial charge in [0.2, 0.25) is 5.96 Å². The van der Waals surface area contributed by atoms with Crippen molar-refractivity contribution in [2.75, 3.05) is 13.1 Å². The summed E-state index contributed by atoms with van der Waals surface area (Å²) < 4.78 is 51.0. The molecule has 0 radical (unpaired) electrons. The van der Waals surface area contributed by atoms with E-state index in [-0.39, 0.29) is 17.6 Å². The van der Waals surface area contributed by atoms with E-state index in [1.54, 1.807) is 4.90 Å². The van der Waals surface area contributed by atoms with Crippen LogP contribution in [-0.4, -0.2) is 29.9 Å². The highest BCUT2D eigenvalue weighted by molar-refractivity contribution is 5.94. The smallest absolute Gasteiger partial charge is 0.369 e. The van der Waals surface area contributed by atoms with Crippen LogP contribution in [0.1, 0.15) is 5.56 Å². The van der Waals surface area contributed by atoms with Crippen LogP contribution < -0.4 is 11.5 Å². The number of hydrogen-bond donors (Lipinski definition) is 2. The summed E-state index contributed by atoms with van der Waals surface area (Å²) in [5.74, 6) is -1.59. The van der Waals surface area contributed by atoms with Gasteiger partial charge in [0.05, 0.1) is 11.3 Å². The Bertz CT molecular complexity index is 640. The monoisotopic (exact) mass is 315 g/mol. The number of rotatable bonds is 1. The average molecular weight is 315 g/mol. The molecule has 1 aliphatic heterocycles. The van der Waals surface area contributed by atoms with Gasteiger partial charge in [-0.3, -0.25) is 0 Å². The lowest BCUT2D eigenvalue weighted by atomic mass is 10.2. The Kier molecular flexibility index (Phi) is 4.34. The first-order chi connectivity index (χ1) is 10.3. The van der Waals surface area contributed by atoms with Gasteiger partial charge in [-0.2, -0.15) is 18.2 Å². The predicted octanol–water partition coefficient (Wildman–Crippen LogP) is 1.98. The highest BCUT2D eigenvalue weighted by Crippen LogP contribution is 2.33. The Morgan fingerprint density at radius 1 is 1.14 bits per heavy atom. The second kappa shape index (κ2) is 6.04. The van der Waals surface area contributed by atoms with E-state index >= 15 is 0 Å². The second-order valence-corrected chi connectivity index (χ2v) is 4.48. The van der Waals surface area contributed by atoms with Crippen LogP contribution in [-0.2, 0) is 6.18 Å². The van der Waals surface area contributed by atoms with Crippen molar-refractivity contribution in [2.24, 2.45) is 21.5 Å². The largest absolute Gasteiger partial charge is 0.419 e. The van der Waals surface area contributed by atoms with Crippen molar-refractivity contribution in [3.05, 3.63) is 41.7 Å². The molecule has 118 valence electrons. The summed E-state index contributed by atoms with van der Waals surface area (Å²) in [5.41, 5.74) is 9.64. The van der Waals surface area contributed by atoms with E-state index in [0.29, 0.717) is 25.2 Å². The van der Waals surface area contributed by atoms with Gasteiger partial charge in [0.1, 0.15) is 5.82 Å². The number of alkyl halides is 3. The lowest BCUT2D eigenvalue weighted by molar-refractivity contribution is -0.139. The van der Waals surface area contributed by atoms with E-state index in [1.807, 2.05) is 12.2 Å². The normalized spacial score (nSPS) is 16.5. The maximum Gasteiger partial charge on any atom is 0.419 e. The molecule has 22 heavy (non-hydrogen) atoms. The van der Waals surface area contributed by atoms with Crippen molar-refractivity contribution in [2.45, 2.75) is 6.18 Å². The molecule has 0 unspecified atom stereocenters. The van der Waals surface area contributed by atoms with E-state index in [9.17, 15) is 17.6 Å². The Hall–Kier alpha value is -2.58. The molecule has 0 aromatic heterocycles. The summed E-state index contributed by atoms with van der Waals surface area (Å²) in [5, 5.41) is 0. The Balaban J connectivity index is 2.23. The average Bonchev–Trinajstić information content (AvgIpc) is 2.93. The van der Waals surface area contributed by atoms with Crippen molar-refractivity contribution in [3.8, 4) is 0 Å². The van der Waals surface area contributed by atoms with Gasteiger partial charge in [-0.25, -0.2) is 9.38 Å². The molecular weight excluding hydrogens is 302 g/mol. The number of nitrogens with two attached hydrogens (primary N) is 2. The lowest BCUT2D eigenvalue weighted by Crippen LogP contribution is -2.36. The fourth-order valence-corrected chi connectivity index (χ4v) is 1.81. The van der Waals surface area contributed by atoms with Crippen LogP contribution >= 0.6 is 0 Å². The summed E-state index contributed by atoms with van der Waals surface area (Å²) in [6, 6.07) is 2.30. The van der Waals surface area contributed by atoms with Gasteiger partial charge < -0.3 is 16.4 Å². The number of nitrogens with zero attached hydrogens (tertiary/aromatic N) is 3. The summed E-state index contributed by atoms with van der Waals surface area (Å²) in [6.07, 6.45) is -1.05. The molecule has 0 amide bonds. The van der Waals surface area contributed by atoms with Crippen LogP contribution in [0.3, 0.4) is 0 Å². The minimum atomic E-state index is -4.81. The number of aliphatic imine (C=N–C) groups is 2. The van der Waals surface area contributed by atoms with Crippen LogP contribution in [0.4, 0.5) is 23.2 Å². The van der Waals surface area contributed by atoms with Gasteiger partial charge in [-0.1, -0.05) is 12.2 Å². The number of halogens is 4. The molecular formula is C13H13F4N5. The maximum absolute atomic E-state index is 13.2. The van der Waals surface area contributed by atoms with Crippen LogP contribution in [0.25, 0.3) is 0 Å². The molecule has 0 aliphatic carbocycles. The van der Waals surface area contributed by atoms with Gasteiger partial charge in [-0.05, 0) is 18.2 Å². The molecule has 4 N–H and O–H groups in total. The van der Waals surface area contributed by atoms with E-state index in [0.717, 1.165) is 6.07 Å². The van der Waals surface area contributed by atoms with Crippen LogP contribution in [0.2, 0.25) is 0 Å². The summed E-state index contributed by atoms with van der Waals surface area (Å²) in [6.45, 7) is 1.13. The molecule has 1 aliphatic rings. The Morgan fingerprint density at radius 3 is 2.36 bits per heavy atom. The fraction of sp³-hybridized carbons (Fsp3) is 0.231. The first-order valence-electron chi connectivity index (χ1n) is 6.22. The third kappa shape index (κ3) is 3.74. The summed E-state index contributed by atoms with van der Waals surface area (Å²) in [7, 11) is 0. The van der Waals surface area contributed by atoms with Crippen molar-refractivity contribution < 1.29 is 17.6 Å². The molecule has 0 spiro atoms. The molecule has 1 aromatic rings. The van der Waals surface area contributed by atoms with E-state index in [1.165, 1.54) is 0 Å². The zero-order valence-electron chi connectivity index (χ0n) is 11.3. The lowest BCUT2D eigenvalue weighted by Gasteiger charge is -2.15. The van der Waals surface area contributed by atoms with Gasteiger partial charge in [0.15, 0.2) is 5.96 Å². The van der Waals surface area contributed by atoms with E-state index in [4.69, 9.17) is 11.5 Å². The van der Waals surface area contributed by atoms with Crippen molar-refractivity contribution >= 4 is 17.6 Å². The molecule has 2 rings (SSSR count). The zero-order valence-corrected chi connectivity index (χ0v) is 11.3. The van der Waals surface area contributed by atoms with Gasteiger partial charge >= 0.3 is 6.18 Å². The van der Waals surface area contributed by atoms with Crippen LogP contribution in [0, 0.1) is 5.82 Å². The van der Waals surface area contributed by atoms with Gasteiger partial charge in [0, 0.05) is 13.1 Å². The zero-order chi connectivity index (χ0) is 16.3. The number of benzene rings is 1. The Morgan fingerprint density at radius 2 is 1.77 bits per heavy atom. The Labute approximate surface area is 123 Å². The van der Waals surface area contributed by atoms with E-state index in [2.05, 4.69) is 9.98 Å². The second-order valence-electron chi connectivity index (χ2n) is 4.48. The standard InChI is InChI=1S/C13H13F4N5/c14-10-4-3-8(7-9(10)13(15,16)17)20-11(18)21-12(19)22-5-1-2-6-22/h1-4,7H,5-6H2,(H4,18,19,20,21). The number of hydrogen-bond acceptors (Lipinski definition) is 1. The molecule has 0 fully saturated rings. The molecule has 9 heteroatoms. The molecule has 1 heterocycles. The topological polar surface area (TPSA) is 80.0 Å². The fourth-order valence-electron chi connectivity index (χ4n) is 1.81.